The van der Waals surface area contributed by atoms with E-state index in [0.29, 0.717) is 43.2 Å². The van der Waals surface area contributed by atoms with Crippen LogP contribution < -0.4 is 5.32 Å². The van der Waals surface area contributed by atoms with E-state index in [1.54, 1.807) is 36.2 Å². The van der Waals surface area contributed by atoms with E-state index in [-0.39, 0.29) is 11.8 Å². The number of amides is 2. The van der Waals surface area contributed by atoms with Crippen LogP contribution in [0.1, 0.15) is 29.5 Å². The van der Waals surface area contributed by atoms with E-state index in [1.165, 1.54) is 0 Å². The van der Waals surface area contributed by atoms with Gasteiger partial charge in [0.15, 0.2) is 5.82 Å². The lowest BCUT2D eigenvalue weighted by molar-refractivity contribution is -0.129. The summed E-state index contributed by atoms with van der Waals surface area (Å²) >= 11 is 0. The van der Waals surface area contributed by atoms with E-state index in [0.717, 1.165) is 12.1 Å². The molecule has 0 radical (unpaired) electrons. The van der Waals surface area contributed by atoms with Gasteiger partial charge >= 0.3 is 0 Å². The maximum absolute atomic E-state index is 12.1. The molecule has 0 spiro atoms. The number of nitrogens with zero attached hydrogens (tertiary/aromatic N) is 4. The third-order valence-electron chi connectivity index (χ3n) is 4.11. The number of benzene rings is 1. The second-order valence-corrected chi connectivity index (χ2v) is 6.57. The Morgan fingerprint density at radius 1 is 1.11 bits per heavy atom. The number of likely N-dealkylation sites (N-methyl/N-ethyl adjacent to an activating group) is 2. The Morgan fingerprint density at radius 3 is 2.44 bits per heavy atom. The van der Waals surface area contributed by atoms with Gasteiger partial charge in [0.2, 0.25) is 5.91 Å². The number of nitrogens with one attached hydrogen (secondary N) is 1. The molecule has 1 heterocycles. The summed E-state index contributed by atoms with van der Waals surface area (Å²) in [6, 6.07) is 7.03. The lowest BCUT2D eigenvalue weighted by Crippen LogP contribution is -2.31. The van der Waals surface area contributed by atoms with E-state index >= 15 is 0 Å². The van der Waals surface area contributed by atoms with Gasteiger partial charge in [0.05, 0.1) is 0 Å². The molecule has 0 aliphatic carbocycles. The van der Waals surface area contributed by atoms with Crippen LogP contribution in [0.5, 0.6) is 0 Å². The minimum atomic E-state index is -0.113. The summed E-state index contributed by atoms with van der Waals surface area (Å²) in [5.41, 5.74) is 1.33. The van der Waals surface area contributed by atoms with Crippen molar-refractivity contribution in [1.82, 2.24) is 25.3 Å². The minimum Gasteiger partial charge on any atom is -0.351 e. The summed E-state index contributed by atoms with van der Waals surface area (Å²) in [4.78, 5) is 31.7. The maximum atomic E-state index is 12.1. The summed E-state index contributed by atoms with van der Waals surface area (Å²) in [5.74, 6) is 0.914. The second-order valence-electron chi connectivity index (χ2n) is 6.57. The van der Waals surface area contributed by atoms with Gasteiger partial charge in [0.25, 0.3) is 11.8 Å². The van der Waals surface area contributed by atoms with Crippen molar-refractivity contribution in [1.29, 1.82) is 0 Å². The summed E-state index contributed by atoms with van der Waals surface area (Å²) in [6.45, 7) is 3.75. The van der Waals surface area contributed by atoms with Crippen LogP contribution in [-0.4, -0.2) is 72.5 Å². The number of hydrogen-bond acceptors (Lipinski definition) is 6. The van der Waals surface area contributed by atoms with Crippen molar-refractivity contribution in [3.8, 4) is 11.5 Å². The zero-order valence-electron chi connectivity index (χ0n) is 16.4. The Kier molecular flexibility index (Phi) is 7.48. The fourth-order valence-corrected chi connectivity index (χ4v) is 2.39. The molecular formula is C19H27N5O3. The molecule has 2 amide bonds. The van der Waals surface area contributed by atoms with Crippen LogP contribution in [0.15, 0.2) is 28.8 Å². The fourth-order valence-electron chi connectivity index (χ4n) is 2.39. The zero-order chi connectivity index (χ0) is 19.8. The first-order chi connectivity index (χ1) is 12.9. The normalized spacial score (nSPS) is 10.9. The first-order valence-electron chi connectivity index (χ1n) is 9.00. The highest BCUT2D eigenvalue weighted by Crippen LogP contribution is 2.18. The smallest absolute Gasteiger partial charge is 0.257 e. The molecule has 1 aromatic carbocycles. The van der Waals surface area contributed by atoms with Gasteiger partial charge in [-0.2, -0.15) is 4.98 Å². The first kappa shape index (κ1) is 20.6. The minimum absolute atomic E-state index is 0.0816. The van der Waals surface area contributed by atoms with Crippen molar-refractivity contribution in [2.75, 3.05) is 40.8 Å². The SMILES string of the molecule is CCC(=O)N(C)CCc1noc(-c2ccc(C(=O)NCCN(C)C)cc2)n1. The van der Waals surface area contributed by atoms with Gasteiger partial charge in [-0.15, -0.1) is 0 Å². The Morgan fingerprint density at radius 2 is 1.81 bits per heavy atom. The molecule has 8 heteroatoms. The molecule has 1 aromatic heterocycles. The summed E-state index contributed by atoms with van der Waals surface area (Å²) in [7, 11) is 5.67. The van der Waals surface area contributed by atoms with Crippen LogP contribution >= 0.6 is 0 Å². The van der Waals surface area contributed by atoms with Gasteiger partial charge in [-0.05, 0) is 38.4 Å². The molecule has 27 heavy (non-hydrogen) atoms. The molecule has 0 bridgehead atoms. The number of carbonyl (C=O) groups is 2. The predicted octanol–water partition coefficient (Wildman–Crippen LogP) is 1.44. The molecule has 8 nitrogen and oxygen atoms in total. The topological polar surface area (TPSA) is 91.6 Å². The highest BCUT2D eigenvalue weighted by Gasteiger charge is 2.12. The highest BCUT2D eigenvalue weighted by molar-refractivity contribution is 5.94. The number of hydrogen-bond donors (Lipinski definition) is 1. The van der Waals surface area contributed by atoms with E-state index in [4.69, 9.17) is 4.52 Å². The molecule has 0 unspecified atom stereocenters. The molecule has 146 valence electrons. The number of rotatable bonds is 9. The molecule has 0 atom stereocenters. The number of aromatic nitrogens is 2. The number of carbonyl (C=O) groups excluding carboxylic acids is 2. The van der Waals surface area contributed by atoms with Crippen LogP contribution in [0.3, 0.4) is 0 Å². The van der Waals surface area contributed by atoms with Gasteiger partial charge in [-0.1, -0.05) is 12.1 Å². The Balaban J connectivity index is 1.92. The van der Waals surface area contributed by atoms with E-state index in [2.05, 4.69) is 15.5 Å². The lowest BCUT2D eigenvalue weighted by atomic mass is 10.1. The van der Waals surface area contributed by atoms with E-state index in [1.807, 2.05) is 25.9 Å². The van der Waals surface area contributed by atoms with Crippen molar-refractivity contribution in [2.24, 2.45) is 0 Å². The largest absolute Gasteiger partial charge is 0.351 e. The van der Waals surface area contributed by atoms with Crippen molar-refractivity contribution >= 4 is 11.8 Å². The van der Waals surface area contributed by atoms with E-state index in [9.17, 15) is 9.59 Å². The Labute approximate surface area is 159 Å². The monoisotopic (exact) mass is 373 g/mol. The third kappa shape index (κ3) is 6.18. The predicted molar refractivity (Wildman–Crippen MR) is 102 cm³/mol. The van der Waals surface area contributed by atoms with Crippen LogP contribution in [0.25, 0.3) is 11.5 Å². The highest BCUT2D eigenvalue weighted by atomic mass is 16.5. The molecule has 0 saturated carbocycles. The van der Waals surface area contributed by atoms with Crippen molar-refractivity contribution in [3.63, 3.8) is 0 Å². The van der Waals surface area contributed by atoms with Crippen LogP contribution in [0.4, 0.5) is 0 Å². The summed E-state index contributed by atoms with van der Waals surface area (Å²) in [6.07, 6.45) is 1.00. The van der Waals surface area contributed by atoms with Crippen molar-refractivity contribution in [2.45, 2.75) is 19.8 Å². The molecule has 1 N–H and O–H groups in total. The Hall–Kier alpha value is -2.74. The molecule has 2 rings (SSSR count). The molecule has 0 aliphatic heterocycles. The van der Waals surface area contributed by atoms with Crippen molar-refractivity contribution < 1.29 is 14.1 Å². The van der Waals surface area contributed by atoms with E-state index < -0.39 is 0 Å². The van der Waals surface area contributed by atoms with Crippen LogP contribution in [-0.2, 0) is 11.2 Å². The van der Waals surface area contributed by atoms with Crippen LogP contribution in [0, 0.1) is 0 Å². The van der Waals surface area contributed by atoms with Gasteiger partial charge in [-0.25, -0.2) is 0 Å². The van der Waals surface area contributed by atoms with Gasteiger partial charge < -0.3 is 19.6 Å². The zero-order valence-corrected chi connectivity index (χ0v) is 16.4. The lowest BCUT2D eigenvalue weighted by Gasteiger charge is -2.14. The standard InChI is InChI=1S/C19H27N5O3/c1-5-17(25)24(4)12-10-16-21-19(27-22-16)15-8-6-14(7-9-15)18(26)20-11-13-23(2)3/h6-9H,5,10-13H2,1-4H3,(H,20,26). The molecule has 0 saturated heterocycles. The maximum Gasteiger partial charge on any atom is 0.257 e. The second kappa shape index (κ2) is 9.82. The van der Waals surface area contributed by atoms with Gasteiger partial charge in [0, 0.05) is 50.7 Å². The van der Waals surface area contributed by atoms with Crippen LogP contribution in [0.2, 0.25) is 0 Å². The summed E-state index contributed by atoms with van der Waals surface area (Å²) in [5, 5.41) is 6.83. The Bertz CT molecular complexity index is 755. The van der Waals surface area contributed by atoms with Gasteiger partial charge in [0.1, 0.15) is 0 Å². The average Bonchev–Trinajstić information content (AvgIpc) is 3.14. The third-order valence-corrected chi connectivity index (χ3v) is 4.11. The van der Waals surface area contributed by atoms with Crippen molar-refractivity contribution in [3.05, 3.63) is 35.7 Å². The molecular weight excluding hydrogens is 346 g/mol. The molecule has 2 aromatic rings. The molecule has 0 aliphatic rings. The molecule has 0 fully saturated rings. The first-order valence-corrected chi connectivity index (χ1v) is 9.00. The van der Waals surface area contributed by atoms with Gasteiger partial charge in [-0.3, -0.25) is 9.59 Å². The summed E-state index contributed by atoms with van der Waals surface area (Å²) < 4.78 is 5.29. The quantitative estimate of drug-likeness (QED) is 0.715. The average molecular weight is 373 g/mol. The fraction of sp³-hybridized carbons (Fsp3) is 0.474.